The Hall–Kier alpha value is -1.84. The van der Waals surface area contributed by atoms with Crippen molar-refractivity contribution in [1.82, 2.24) is 9.78 Å². The van der Waals surface area contributed by atoms with Crippen LogP contribution in [0.15, 0.2) is 30.6 Å². The molecule has 0 saturated carbocycles. The maximum atomic E-state index is 13.1. The highest BCUT2D eigenvalue weighted by molar-refractivity contribution is 5.46. The van der Waals surface area contributed by atoms with Gasteiger partial charge in [-0.25, -0.2) is 4.39 Å². The number of halogens is 1. The summed E-state index contributed by atoms with van der Waals surface area (Å²) in [6.45, 7) is 5.53. The van der Waals surface area contributed by atoms with Crippen LogP contribution in [0.2, 0.25) is 0 Å². The molecule has 0 fully saturated rings. The van der Waals surface area contributed by atoms with Gasteiger partial charge in [-0.15, -0.1) is 0 Å². The van der Waals surface area contributed by atoms with Crippen molar-refractivity contribution in [3.8, 4) is 0 Å². The van der Waals surface area contributed by atoms with E-state index in [1.165, 1.54) is 6.07 Å². The summed E-state index contributed by atoms with van der Waals surface area (Å²) < 4.78 is 15.0. The topological polar surface area (TPSA) is 29.9 Å². The van der Waals surface area contributed by atoms with Crippen LogP contribution < -0.4 is 5.32 Å². The minimum atomic E-state index is -0.170. The highest BCUT2D eigenvalue weighted by atomic mass is 19.1. The van der Waals surface area contributed by atoms with Crippen LogP contribution in [0.5, 0.6) is 0 Å². The molecule has 1 heterocycles. The molecule has 0 aliphatic carbocycles. The van der Waals surface area contributed by atoms with E-state index in [-0.39, 0.29) is 5.82 Å². The van der Waals surface area contributed by atoms with E-state index in [1.807, 2.05) is 23.1 Å². The molecule has 2 aromatic rings. The largest absolute Gasteiger partial charge is 0.381 e. The third-order valence-corrected chi connectivity index (χ3v) is 2.79. The van der Waals surface area contributed by atoms with Gasteiger partial charge in [-0.2, -0.15) is 5.10 Å². The molecule has 0 bridgehead atoms. The van der Waals surface area contributed by atoms with Crippen molar-refractivity contribution in [3.63, 3.8) is 0 Å². The number of rotatable bonds is 5. The predicted molar refractivity (Wildman–Crippen MR) is 71.0 cm³/mol. The molecule has 2 rings (SSSR count). The SMILES string of the molecule is CCCn1cc(CNc2ccc(F)c(C)c2)cn1. The lowest BCUT2D eigenvalue weighted by atomic mass is 10.2. The smallest absolute Gasteiger partial charge is 0.126 e. The van der Waals surface area contributed by atoms with Crippen LogP contribution in [0.25, 0.3) is 0 Å². The Balaban J connectivity index is 1.95. The second kappa shape index (κ2) is 5.67. The number of hydrogen-bond donors (Lipinski definition) is 1. The van der Waals surface area contributed by atoms with Crippen molar-refractivity contribution in [2.45, 2.75) is 33.4 Å². The molecule has 0 atom stereocenters. The second-order valence-electron chi connectivity index (χ2n) is 4.43. The highest BCUT2D eigenvalue weighted by Gasteiger charge is 2.00. The molecule has 0 spiro atoms. The van der Waals surface area contributed by atoms with E-state index >= 15 is 0 Å². The van der Waals surface area contributed by atoms with Gasteiger partial charge in [0.25, 0.3) is 0 Å². The first-order valence-corrected chi connectivity index (χ1v) is 6.20. The zero-order valence-corrected chi connectivity index (χ0v) is 10.8. The minimum absolute atomic E-state index is 0.170. The van der Waals surface area contributed by atoms with Crippen molar-refractivity contribution < 1.29 is 4.39 Å². The van der Waals surface area contributed by atoms with Crippen LogP contribution in [0, 0.1) is 12.7 Å². The van der Waals surface area contributed by atoms with Crippen LogP contribution >= 0.6 is 0 Å². The normalized spacial score (nSPS) is 10.6. The number of benzene rings is 1. The summed E-state index contributed by atoms with van der Waals surface area (Å²) >= 11 is 0. The molecule has 0 amide bonds. The van der Waals surface area contributed by atoms with E-state index in [4.69, 9.17) is 0 Å². The molecule has 0 aliphatic heterocycles. The van der Waals surface area contributed by atoms with Gasteiger partial charge in [-0.05, 0) is 37.1 Å². The number of hydrogen-bond acceptors (Lipinski definition) is 2. The first kappa shape index (κ1) is 12.6. The lowest BCUT2D eigenvalue weighted by Crippen LogP contribution is -2.00. The van der Waals surface area contributed by atoms with Gasteiger partial charge < -0.3 is 5.32 Å². The van der Waals surface area contributed by atoms with E-state index in [9.17, 15) is 4.39 Å². The van der Waals surface area contributed by atoms with E-state index in [0.29, 0.717) is 12.1 Å². The highest BCUT2D eigenvalue weighted by Crippen LogP contribution is 2.14. The Kier molecular flexibility index (Phi) is 3.97. The van der Waals surface area contributed by atoms with E-state index in [2.05, 4.69) is 17.3 Å². The molecule has 0 saturated heterocycles. The third kappa shape index (κ3) is 3.09. The average molecular weight is 247 g/mol. The lowest BCUT2D eigenvalue weighted by molar-refractivity contribution is 0.602. The molecular weight excluding hydrogens is 229 g/mol. The average Bonchev–Trinajstić information content (AvgIpc) is 2.79. The van der Waals surface area contributed by atoms with Gasteiger partial charge >= 0.3 is 0 Å². The Morgan fingerprint density at radius 3 is 2.94 bits per heavy atom. The number of aromatic nitrogens is 2. The van der Waals surface area contributed by atoms with Gasteiger partial charge in [0, 0.05) is 30.5 Å². The molecule has 0 aliphatic rings. The Morgan fingerprint density at radius 2 is 2.22 bits per heavy atom. The summed E-state index contributed by atoms with van der Waals surface area (Å²) in [5.74, 6) is -0.170. The molecule has 4 heteroatoms. The van der Waals surface area contributed by atoms with Gasteiger partial charge in [0.1, 0.15) is 5.82 Å². The van der Waals surface area contributed by atoms with Crippen LogP contribution in [0.3, 0.4) is 0 Å². The summed E-state index contributed by atoms with van der Waals surface area (Å²) in [4.78, 5) is 0. The Bertz CT molecular complexity index is 520. The maximum absolute atomic E-state index is 13.1. The van der Waals surface area contributed by atoms with Crippen molar-refractivity contribution in [1.29, 1.82) is 0 Å². The molecule has 1 N–H and O–H groups in total. The van der Waals surface area contributed by atoms with Gasteiger partial charge in [-0.1, -0.05) is 6.92 Å². The number of nitrogens with one attached hydrogen (secondary N) is 1. The molecule has 96 valence electrons. The maximum Gasteiger partial charge on any atom is 0.126 e. The van der Waals surface area contributed by atoms with Crippen molar-refractivity contribution in [2.75, 3.05) is 5.32 Å². The molecular formula is C14H18FN3. The molecule has 1 aromatic heterocycles. The molecule has 18 heavy (non-hydrogen) atoms. The first-order chi connectivity index (χ1) is 8.69. The predicted octanol–water partition coefficient (Wildman–Crippen LogP) is 3.35. The fourth-order valence-electron chi connectivity index (χ4n) is 1.81. The molecule has 3 nitrogen and oxygen atoms in total. The summed E-state index contributed by atoms with van der Waals surface area (Å²) in [6.07, 6.45) is 4.97. The zero-order chi connectivity index (χ0) is 13.0. The van der Waals surface area contributed by atoms with Gasteiger partial charge in [0.05, 0.1) is 6.20 Å². The summed E-state index contributed by atoms with van der Waals surface area (Å²) in [6, 6.07) is 5.04. The second-order valence-corrected chi connectivity index (χ2v) is 4.43. The molecule has 0 radical (unpaired) electrons. The monoisotopic (exact) mass is 247 g/mol. The van der Waals surface area contributed by atoms with Crippen LogP contribution in [0.4, 0.5) is 10.1 Å². The standard InChI is InChI=1S/C14H18FN3/c1-3-6-18-10-12(9-17-18)8-16-13-4-5-14(15)11(2)7-13/h4-5,7,9-10,16H,3,6,8H2,1-2H3. The number of anilines is 1. The van der Waals surface area contributed by atoms with E-state index < -0.39 is 0 Å². The Labute approximate surface area is 107 Å². The third-order valence-electron chi connectivity index (χ3n) is 2.79. The fourth-order valence-corrected chi connectivity index (χ4v) is 1.81. The minimum Gasteiger partial charge on any atom is -0.381 e. The fraction of sp³-hybridized carbons (Fsp3) is 0.357. The lowest BCUT2D eigenvalue weighted by Gasteiger charge is -2.06. The quantitative estimate of drug-likeness (QED) is 0.878. The van der Waals surface area contributed by atoms with Gasteiger partial charge in [0.2, 0.25) is 0 Å². The molecule has 1 aromatic carbocycles. The van der Waals surface area contributed by atoms with E-state index in [0.717, 1.165) is 24.2 Å². The molecule has 0 unspecified atom stereocenters. The van der Waals surface area contributed by atoms with Gasteiger partial charge in [0.15, 0.2) is 0 Å². The Morgan fingerprint density at radius 1 is 1.39 bits per heavy atom. The zero-order valence-electron chi connectivity index (χ0n) is 10.8. The summed E-state index contributed by atoms with van der Waals surface area (Å²) in [7, 11) is 0. The van der Waals surface area contributed by atoms with Crippen LogP contribution in [-0.4, -0.2) is 9.78 Å². The summed E-state index contributed by atoms with van der Waals surface area (Å²) in [5, 5.41) is 7.53. The van der Waals surface area contributed by atoms with Crippen molar-refractivity contribution in [2.24, 2.45) is 0 Å². The van der Waals surface area contributed by atoms with Crippen LogP contribution in [0.1, 0.15) is 24.5 Å². The van der Waals surface area contributed by atoms with Crippen molar-refractivity contribution in [3.05, 3.63) is 47.5 Å². The van der Waals surface area contributed by atoms with Gasteiger partial charge in [-0.3, -0.25) is 4.68 Å². The van der Waals surface area contributed by atoms with Crippen molar-refractivity contribution >= 4 is 5.69 Å². The summed E-state index contributed by atoms with van der Waals surface area (Å²) in [5.41, 5.74) is 2.71. The number of aryl methyl sites for hydroxylation is 2. The number of nitrogens with zero attached hydrogens (tertiary/aromatic N) is 2. The van der Waals surface area contributed by atoms with E-state index in [1.54, 1.807) is 13.0 Å². The first-order valence-electron chi connectivity index (χ1n) is 6.20. The van der Waals surface area contributed by atoms with Crippen LogP contribution in [-0.2, 0) is 13.1 Å².